The smallest absolute Gasteiger partial charge is 0.246 e. The molecule has 4 rings (SSSR count). The van der Waals surface area contributed by atoms with Crippen molar-refractivity contribution in [2.75, 3.05) is 4.23 Å². The van der Waals surface area contributed by atoms with E-state index in [0.29, 0.717) is 0 Å². The van der Waals surface area contributed by atoms with Crippen LogP contribution in [-0.2, 0) is 0 Å². The molecule has 3 aromatic carbocycles. The van der Waals surface area contributed by atoms with Gasteiger partial charge in [-0.2, -0.15) is 0 Å². The lowest BCUT2D eigenvalue weighted by Crippen LogP contribution is -2.82. The maximum Gasteiger partial charge on any atom is 0.246 e. The number of rotatable bonds is 6. The van der Waals surface area contributed by atoms with E-state index in [9.17, 15) is 0 Å². The van der Waals surface area contributed by atoms with E-state index in [2.05, 4.69) is 120 Å². The zero-order chi connectivity index (χ0) is 20.3. The molecule has 0 N–H and O–H groups in total. The molecule has 0 aliphatic heterocycles. The first kappa shape index (κ1) is 19.8. The molecule has 0 saturated carbocycles. The van der Waals surface area contributed by atoms with Gasteiger partial charge in [0, 0.05) is 5.38 Å². The Morgan fingerprint density at radius 3 is 1.38 bits per heavy atom. The molecule has 1 aromatic heterocycles. The van der Waals surface area contributed by atoms with Crippen LogP contribution < -0.4 is 19.8 Å². The van der Waals surface area contributed by atoms with Gasteiger partial charge in [-0.15, -0.1) is 11.3 Å². The van der Waals surface area contributed by atoms with Crippen LogP contribution in [0.3, 0.4) is 0 Å². The highest BCUT2D eigenvalue weighted by atomic mass is 32.1. The van der Waals surface area contributed by atoms with Crippen molar-refractivity contribution in [2.24, 2.45) is 0 Å². The van der Waals surface area contributed by atoms with Gasteiger partial charge < -0.3 is 4.23 Å². The number of benzene rings is 3. The molecular formula is C24H26N2SSi2. The highest BCUT2D eigenvalue weighted by molar-refractivity contribution is 7.21. The summed E-state index contributed by atoms with van der Waals surface area (Å²) in [7, 11) is -4.39. The molecule has 0 unspecified atom stereocenters. The average Bonchev–Trinajstić information content (AvgIpc) is 3.27. The van der Waals surface area contributed by atoms with Crippen LogP contribution in [0.5, 0.6) is 0 Å². The fourth-order valence-electron chi connectivity index (χ4n) is 4.26. The quantitative estimate of drug-likeness (QED) is 0.332. The van der Waals surface area contributed by atoms with E-state index in [-0.39, 0.29) is 0 Å². The van der Waals surface area contributed by atoms with Crippen molar-refractivity contribution < 1.29 is 0 Å². The van der Waals surface area contributed by atoms with Crippen LogP contribution in [0.2, 0.25) is 19.6 Å². The van der Waals surface area contributed by atoms with E-state index in [1.54, 1.807) is 11.3 Å². The Balaban J connectivity index is 2.16. The molecule has 1 heterocycles. The van der Waals surface area contributed by atoms with Gasteiger partial charge in [-0.25, -0.2) is 4.98 Å². The van der Waals surface area contributed by atoms with E-state index in [1.807, 2.05) is 5.51 Å². The Kier molecular flexibility index (Phi) is 5.54. The van der Waals surface area contributed by atoms with Crippen molar-refractivity contribution in [3.8, 4) is 0 Å². The molecule has 0 radical (unpaired) electrons. The minimum absolute atomic E-state index is 1.11. The topological polar surface area (TPSA) is 16.1 Å². The number of hydrogen-bond acceptors (Lipinski definition) is 3. The maximum absolute atomic E-state index is 4.84. The maximum atomic E-state index is 4.84. The van der Waals surface area contributed by atoms with Crippen LogP contribution >= 0.6 is 11.3 Å². The molecule has 0 bridgehead atoms. The standard InChI is InChI=1S/C24H26N2SSi2/c1-28(2,3)26(24-19-27-20-25-24)29(21-13-7-4-8-14-21,22-15-9-5-10-16-22)23-17-11-6-12-18-23/h4-20H,1-3H3. The lowest BCUT2D eigenvalue weighted by atomic mass is 10.3. The number of hydrogen-bond donors (Lipinski definition) is 0. The summed E-state index contributed by atoms with van der Waals surface area (Å²) in [5.41, 5.74) is 1.96. The van der Waals surface area contributed by atoms with E-state index in [1.165, 1.54) is 15.6 Å². The molecule has 4 aromatic rings. The molecule has 146 valence electrons. The van der Waals surface area contributed by atoms with Crippen molar-refractivity contribution in [3.63, 3.8) is 0 Å². The molecule has 0 aliphatic rings. The Morgan fingerprint density at radius 2 is 1.07 bits per heavy atom. The molecule has 29 heavy (non-hydrogen) atoms. The second-order valence-corrected chi connectivity index (χ2v) is 17.7. The second-order valence-electron chi connectivity index (χ2n) is 8.16. The van der Waals surface area contributed by atoms with Gasteiger partial charge in [0.05, 0.1) is 5.51 Å². The van der Waals surface area contributed by atoms with Crippen molar-refractivity contribution in [1.82, 2.24) is 4.98 Å². The summed E-state index contributed by atoms with van der Waals surface area (Å²) in [5.74, 6) is 1.11. The van der Waals surface area contributed by atoms with Gasteiger partial charge in [0.1, 0.15) is 14.1 Å². The SMILES string of the molecule is C[Si](C)(C)N(c1cscn1)[Si](c1ccccc1)(c1ccccc1)c1ccccc1. The predicted octanol–water partition coefficient (Wildman–Crippen LogP) is 4.45. The molecular weight excluding hydrogens is 405 g/mol. The van der Waals surface area contributed by atoms with E-state index < -0.39 is 16.5 Å². The normalized spacial score (nSPS) is 12.0. The molecule has 0 atom stereocenters. The Morgan fingerprint density at radius 1 is 0.655 bits per heavy atom. The van der Waals surface area contributed by atoms with Gasteiger partial charge in [0.25, 0.3) is 0 Å². The minimum Gasteiger partial charge on any atom is -0.398 e. The Labute approximate surface area is 179 Å². The molecule has 0 saturated heterocycles. The van der Waals surface area contributed by atoms with Gasteiger partial charge >= 0.3 is 0 Å². The van der Waals surface area contributed by atoms with E-state index >= 15 is 0 Å². The van der Waals surface area contributed by atoms with Crippen molar-refractivity contribution in [1.29, 1.82) is 0 Å². The summed E-state index contributed by atoms with van der Waals surface area (Å²) < 4.78 is 2.75. The lowest BCUT2D eigenvalue weighted by Gasteiger charge is -2.50. The second kappa shape index (κ2) is 8.10. The first-order valence-corrected chi connectivity index (χ1v) is 16.2. The van der Waals surface area contributed by atoms with Crippen molar-refractivity contribution >= 4 is 49.2 Å². The largest absolute Gasteiger partial charge is 0.398 e. The van der Waals surface area contributed by atoms with Gasteiger partial charge in [-0.3, -0.25) is 0 Å². The van der Waals surface area contributed by atoms with Crippen LogP contribution in [0.25, 0.3) is 0 Å². The third-order valence-corrected chi connectivity index (χ3v) is 14.8. The molecule has 2 nitrogen and oxygen atoms in total. The first-order chi connectivity index (χ1) is 14.0. The fourth-order valence-corrected chi connectivity index (χ4v) is 15.2. The number of nitrogens with zero attached hydrogens (tertiary/aromatic N) is 2. The van der Waals surface area contributed by atoms with Crippen LogP contribution in [0.4, 0.5) is 5.82 Å². The van der Waals surface area contributed by atoms with Crippen LogP contribution in [0.15, 0.2) is 102 Å². The monoisotopic (exact) mass is 430 g/mol. The summed E-state index contributed by atoms with van der Waals surface area (Å²) in [6.07, 6.45) is 0. The number of thiazole rings is 1. The zero-order valence-corrected chi connectivity index (χ0v) is 19.9. The molecule has 0 fully saturated rings. The molecule has 0 amide bonds. The Bertz CT molecular complexity index is 934. The van der Waals surface area contributed by atoms with Gasteiger partial charge in [0.15, 0.2) is 0 Å². The van der Waals surface area contributed by atoms with Crippen LogP contribution in [0.1, 0.15) is 0 Å². The number of anilines is 1. The predicted molar refractivity (Wildman–Crippen MR) is 132 cm³/mol. The Hall–Kier alpha value is -2.48. The van der Waals surface area contributed by atoms with Crippen molar-refractivity contribution in [3.05, 3.63) is 102 Å². The molecule has 0 spiro atoms. The third-order valence-electron chi connectivity index (χ3n) is 5.23. The third kappa shape index (κ3) is 3.61. The minimum atomic E-state index is -2.55. The van der Waals surface area contributed by atoms with Crippen LogP contribution in [-0.4, -0.2) is 21.5 Å². The number of aromatic nitrogens is 1. The van der Waals surface area contributed by atoms with Crippen molar-refractivity contribution in [2.45, 2.75) is 19.6 Å². The summed E-state index contributed by atoms with van der Waals surface area (Å²) in [4.78, 5) is 4.84. The molecule has 0 aliphatic carbocycles. The summed E-state index contributed by atoms with van der Waals surface area (Å²) >= 11 is 1.68. The fraction of sp³-hybridized carbons (Fsp3) is 0.125. The first-order valence-electron chi connectivity index (χ1n) is 9.89. The van der Waals surface area contributed by atoms with E-state index in [0.717, 1.165) is 5.82 Å². The van der Waals surface area contributed by atoms with Crippen LogP contribution in [0, 0.1) is 0 Å². The van der Waals surface area contributed by atoms with Gasteiger partial charge in [-0.05, 0) is 15.6 Å². The van der Waals surface area contributed by atoms with Gasteiger partial charge in [0.2, 0.25) is 8.24 Å². The summed E-state index contributed by atoms with van der Waals surface area (Å²) in [6, 6.07) is 33.2. The average molecular weight is 431 g/mol. The van der Waals surface area contributed by atoms with Gasteiger partial charge in [-0.1, -0.05) is 111 Å². The summed E-state index contributed by atoms with van der Waals surface area (Å²) in [6.45, 7) is 7.30. The molecule has 5 heteroatoms. The highest BCUT2D eigenvalue weighted by Crippen LogP contribution is 2.28. The lowest BCUT2D eigenvalue weighted by molar-refractivity contribution is 1.29. The summed E-state index contributed by atoms with van der Waals surface area (Å²) in [5, 5.41) is 6.41. The van der Waals surface area contributed by atoms with E-state index in [4.69, 9.17) is 4.98 Å². The zero-order valence-electron chi connectivity index (χ0n) is 17.1. The highest BCUT2D eigenvalue weighted by Gasteiger charge is 2.50.